The minimum absolute atomic E-state index is 0.0584. The van der Waals surface area contributed by atoms with Gasteiger partial charge in [-0.3, -0.25) is 14.8 Å². The Morgan fingerprint density at radius 3 is 2.51 bits per heavy atom. The number of ether oxygens (including phenoxy) is 1. The summed E-state index contributed by atoms with van der Waals surface area (Å²) in [5.74, 6) is 6.49. The van der Waals surface area contributed by atoms with Crippen LogP contribution in [0.15, 0.2) is 95.6 Å². The molecule has 1 amide bonds. The summed E-state index contributed by atoms with van der Waals surface area (Å²) in [5, 5.41) is 7.23. The van der Waals surface area contributed by atoms with Crippen molar-refractivity contribution in [3.63, 3.8) is 0 Å². The van der Waals surface area contributed by atoms with Crippen molar-refractivity contribution < 1.29 is 22.7 Å². The van der Waals surface area contributed by atoms with Gasteiger partial charge in [0.15, 0.2) is 0 Å². The summed E-state index contributed by atoms with van der Waals surface area (Å²) in [6, 6.07) is 1.76. The van der Waals surface area contributed by atoms with Crippen LogP contribution in [0.1, 0.15) is 39.2 Å². The molecule has 1 aromatic heterocycles. The van der Waals surface area contributed by atoms with Crippen molar-refractivity contribution in [2.75, 3.05) is 27.7 Å². The van der Waals surface area contributed by atoms with Gasteiger partial charge in [0.05, 0.1) is 35.3 Å². The van der Waals surface area contributed by atoms with Crippen LogP contribution in [0.2, 0.25) is 0 Å². The van der Waals surface area contributed by atoms with E-state index in [0.29, 0.717) is 47.1 Å². The lowest BCUT2D eigenvalue weighted by Crippen LogP contribution is -2.26. The largest absolute Gasteiger partial charge is 0.495 e. The highest BCUT2D eigenvalue weighted by atomic mass is 35.5. The predicted octanol–water partition coefficient (Wildman–Crippen LogP) is 6.09. The molecule has 0 aliphatic heterocycles. The van der Waals surface area contributed by atoms with Crippen molar-refractivity contribution in [3.8, 4) is 5.75 Å². The molecule has 2 rings (SSSR count). The molecule has 1 unspecified atom stereocenters. The molecule has 1 aliphatic carbocycles. The third-order valence-corrected chi connectivity index (χ3v) is 5.82. The number of pyridine rings is 1. The Morgan fingerprint density at radius 2 is 1.95 bits per heavy atom. The number of aromatic nitrogens is 1. The minimum atomic E-state index is -4.30. The number of hydrogen-bond donors (Lipinski definition) is 4. The van der Waals surface area contributed by atoms with Gasteiger partial charge in [0, 0.05) is 38.0 Å². The summed E-state index contributed by atoms with van der Waals surface area (Å²) in [4.78, 5) is 15.6. The van der Waals surface area contributed by atoms with Crippen molar-refractivity contribution >= 4 is 23.2 Å². The van der Waals surface area contributed by atoms with Gasteiger partial charge in [-0.15, -0.1) is 0 Å². The average Bonchev–Trinajstić information content (AvgIpc) is 3.16. The number of nitrogens with one attached hydrogen (secondary N) is 2. The molecule has 1 atom stereocenters. The lowest BCUT2D eigenvalue weighted by atomic mass is 10.1. The Kier molecular flexibility index (Phi) is 19.1. The van der Waals surface area contributed by atoms with Gasteiger partial charge in [0.2, 0.25) is 5.91 Å². The van der Waals surface area contributed by atoms with Crippen LogP contribution >= 0.6 is 11.6 Å². The van der Waals surface area contributed by atoms with E-state index in [1.165, 1.54) is 23.2 Å². The van der Waals surface area contributed by atoms with Crippen LogP contribution in [-0.2, 0) is 4.79 Å². The number of carbonyl (C=O) groups excluding carboxylic acids is 1. The SMILES string of the molecule is C=C/C=C\C(=C/C(C)CNC)C(F)(F)F.CC.CNC(=O)CC1=CC=C(Cl)C(N(N)/C=C(\N)c2cncc(OC)c2)=CC1. The second kappa shape index (κ2) is 21.0. The van der Waals surface area contributed by atoms with Gasteiger partial charge in [-0.2, -0.15) is 13.2 Å². The maximum Gasteiger partial charge on any atom is 0.416 e. The van der Waals surface area contributed by atoms with E-state index >= 15 is 0 Å². The van der Waals surface area contributed by atoms with Crippen LogP contribution in [0.5, 0.6) is 5.75 Å². The van der Waals surface area contributed by atoms with Crippen LogP contribution in [0, 0.1) is 5.92 Å². The lowest BCUT2D eigenvalue weighted by Gasteiger charge is -2.18. The van der Waals surface area contributed by atoms with Crippen molar-refractivity contribution in [1.29, 1.82) is 0 Å². The van der Waals surface area contributed by atoms with Gasteiger partial charge in [-0.1, -0.05) is 81.0 Å². The summed E-state index contributed by atoms with van der Waals surface area (Å²) in [6.45, 7) is 9.58. The highest BCUT2D eigenvalue weighted by molar-refractivity contribution is 6.32. The van der Waals surface area contributed by atoms with Crippen LogP contribution in [-0.4, -0.2) is 49.8 Å². The lowest BCUT2D eigenvalue weighted by molar-refractivity contribution is -0.119. The standard InChI is InChI=1S/C18H22ClN5O2.C11H16F3N.C2H6/c1-22-18(25)7-12-3-5-15(19)17(6-4-12)24(21)11-16(20)13-8-14(26-2)10-23-9-13;1-4-5-6-10(11(12,13)14)7-9(2)8-15-3;1-2/h3,5-6,8-11H,4,7,20-21H2,1-2H3,(H,22,25);4-7,9,15H,1,8H2,2-3H3;1-2H3/b16-11-;6-5-,10-7+;. The molecular weight excluding hydrogens is 581 g/mol. The number of alkyl halides is 3. The van der Waals surface area contributed by atoms with E-state index in [1.807, 2.05) is 26.0 Å². The Morgan fingerprint density at radius 1 is 1.28 bits per heavy atom. The summed E-state index contributed by atoms with van der Waals surface area (Å²) >= 11 is 6.32. The average molecular weight is 625 g/mol. The number of nitrogens with two attached hydrogens (primary N) is 2. The third-order valence-electron chi connectivity index (χ3n) is 5.50. The number of halogens is 4. The number of methoxy groups -OCH3 is 1. The maximum atomic E-state index is 12.5. The second-order valence-electron chi connectivity index (χ2n) is 8.84. The van der Waals surface area contributed by atoms with Gasteiger partial charge in [-0.05, 0) is 31.5 Å². The van der Waals surface area contributed by atoms with Crippen molar-refractivity contribution in [3.05, 3.63) is 101 Å². The first-order valence-corrected chi connectivity index (χ1v) is 13.9. The van der Waals surface area contributed by atoms with Gasteiger partial charge in [0.1, 0.15) is 5.75 Å². The zero-order valence-electron chi connectivity index (χ0n) is 25.6. The molecule has 238 valence electrons. The summed E-state index contributed by atoms with van der Waals surface area (Å²) in [7, 11) is 4.86. The molecule has 0 radical (unpaired) electrons. The first-order valence-electron chi connectivity index (χ1n) is 13.6. The monoisotopic (exact) mass is 624 g/mol. The molecule has 0 saturated heterocycles. The van der Waals surface area contributed by atoms with Crippen molar-refractivity contribution in [1.82, 2.24) is 20.6 Å². The van der Waals surface area contributed by atoms with E-state index in [9.17, 15) is 18.0 Å². The predicted molar refractivity (Wildman–Crippen MR) is 170 cm³/mol. The summed E-state index contributed by atoms with van der Waals surface area (Å²) < 4.78 is 42.6. The fraction of sp³-hybridized carbons (Fsp3) is 0.355. The smallest absolute Gasteiger partial charge is 0.416 e. The molecule has 1 heterocycles. The van der Waals surface area contributed by atoms with Gasteiger partial charge >= 0.3 is 6.18 Å². The molecule has 0 spiro atoms. The third kappa shape index (κ3) is 15.3. The molecule has 1 aliphatic rings. The number of rotatable bonds is 11. The van der Waals surface area contributed by atoms with Crippen LogP contribution in [0.3, 0.4) is 0 Å². The van der Waals surface area contributed by atoms with E-state index in [1.54, 1.807) is 58.9 Å². The van der Waals surface area contributed by atoms with Crippen LogP contribution < -0.4 is 26.9 Å². The number of carbonyl (C=O) groups is 1. The van der Waals surface area contributed by atoms with E-state index in [0.717, 1.165) is 11.6 Å². The van der Waals surface area contributed by atoms with Crippen molar-refractivity contribution in [2.24, 2.45) is 17.5 Å². The number of hydrogen-bond acceptors (Lipinski definition) is 7. The molecule has 8 nitrogen and oxygen atoms in total. The molecule has 43 heavy (non-hydrogen) atoms. The van der Waals surface area contributed by atoms with E-state index in [-0.39, 0.29) is 11.8 Å². The zero-order chi connectivity index (χ0) is 33.0. The quantitative estimate of drug-likeness (QED) is 0.134. The fourth-order valence-corrected chi connectivity index (χ4v) is 3.65. The zero-order valence-corrected chi connectivity index (χ0v) is 26.4. The highest BCUT2D eigenvalue weighted by Crippen LogP contribution is 2.28. The molecule has 0 saturated carbocycles. The first-order chi connectivity index (χ1) is 20.4. The Labute approximate surface area is 258 Å². The summed E-state index contributed by atoms with van der Waals surface area (Å²) in [5.41, 5.74) is 8.08. The number of nitrogens with zero attached hydrogens (tertiary/aromatic N) is 2. The minimum Gasteiger partial charge on any atom is -0.495 e. The van der Waals surface area contributed by atoms with E-state index in [4.69, 9.17) is 27.9 Å². The Hall–Kier alpha value is -3.80. The first kappa shape index (κ1) is 39.2. The van der Waals surface area contributed by atoms with E-state index in [2.05, 4.69) is 22.2 Å². The topological polar surface area (TPSA) is 119 Å². The van der Waals surface area contributed by atoms with Crippen LogP contribution in [0.25, 0.3) is 5.70 Å². The fourth-order valence-electron chi connectivity index (χ4n) is 3.41. The molecule has 12 heteroatoms. The molecule has 0 fully saturated rings. The Balaban J connectivity index is 0.000000887. The molecule has 6 N–H and O–H groups in total. The number of amides is 1. The highest BCUT2D eigenvalue weighted by Gasteiger charge is 2.31. The molecule has 0 bridgehead atoms. The number of hydrazine groups is 1. The second-order valence-corrected chi connectivity index (χ2v) is 9.24. The molecular formula is C31H44ClF3N6O2. The summed E-state index contributed by atoms with van der Waals surface area (Å²) in [6.07, 6.45) is 11.6. The van der Waals surface area contributed by atoms with Gasteiger partial charge in [-0.25, -0.2) is 5.84 Å². The molecule has 1 aromatic rings. The van der Waals surface area contributed by atoms with Crippen LogP contribution in [0.4, 0.5) is 13.2 Å². The Bertz CT molecular complexity index is 1220. The maximum absolute atomic E-state index is 12.5. The molecule has 0 aromatic carbocycles. The van der Waals surface area contributed by atoms with Crippen molar-refractivity contribution in [2.45, 2.75) is 39.8 Å². The number of allylic oxidation sites excluding steroid dienone is 8. The van der Waals surface area contributed by atoms with E-state index < -0.39 is 11.7 Å². The normalized spacial score (nSPS) is 14.4. The van der Waals surface area contributed by atoms with Gasteiger partial charge in [0.25, 0.3) is 0 Å². The van der Waals surface area contributed by atoms with Gasteiger partial charge < -0.3 is 21.1 Å².